The summed E-state index contributed by atoms with van der Waals surface area (Å²) in [6.45, 7) is 0. The Balaban J connectivity index is 2.22. The molecule has 1 unspecified atom stereocenters. The summed E-state index contributed by atoms with van der Waals surface area (Å²) >= 11 is 7.21. The maximum Gasteiger partial charge on any atom is 0.321 e. The van der Waals surface area contributed by atoms with Gasteiger partial charge in [0.1, 0.15) is 5.25 Å². The molecule has 0 spiro atoms. The van der Waals surface area contributed by atoms with E-state index in [1.807, 2.05) is 6.07 Å². The van der Waals surface area contributed by atoms with Crippen LogP contribution >= 0.6 is 23.4 Å². The molecular weight excluding hydrogens is 334 g/mol. The highest BCUT2D eigenvalue weighted by molar-refractivity contribution is 8.14. The Bertz CT molecular complexity index is 585. The molecule has 6 heteroatoms. The van der Waals surface area contributed by atoms with E-state index in [9.17, 15) is 14.7 Å². The van der Waals surface area contributed by atoms with Crippen molar-refractivity contribution in [3.8, 4) is 0 Å². The number of carboxylic acids is 1. The molecule has 23 heavy (non-hydrogen) atoms. The van der Waals surface area contributed by atoms with E-state index >= 15 is 0 Å². The number of halogens is 1. The van der Waals surface area contributed by atoms with Gasteiger partial charge >= 0.3 is 5.97 Å². The smallest absolute Gasteiger partial charge is 0.321 e. The normalized spacial score (nSPS) is 16.8. The Hall–Kier alpha value is -1.20. The van der Waals surface area contributed by atoms with Crippen LogP contribution in [0.25, 0.3) is 0 Å². The van der Waals surface area contributed by atoms with Gasteiger partial charge in [-0.3, -0.25) is 9.59 Å². The summed E-state index contributed by atoms with van der Waals surface area (Å²) in [4.78, 5) is 24.7. The number of amides is 1. The highest BCUT2D eigenvalue weighted by Gasteiger charge is 2.26. The number of hydrogen-bond donors (Lipinski definition) is 1. The van der Waals surface area contributed by atoms with E-state index in [-0.39, 0.29) is 5.24 Å². The third-order valence-corrected chi connectivity index (χ3v) is 5.78. The number of thioether (sulfide) groups is 1. The van der Waals surface area contributed by atoms with Crippen molar-refractivity contribution in [2.24, 2.45) is 0 Å². The van der Waals surface area contributed by atoms with E-state index in [0.717, 1.165) is 30.2 Å². The molecule has 1 aromatic carbocycles. The van der Waals surface area contributed by atoms with Gasteiger partial charge in [0, 0.05) is 19.1 Å². The highest BCUT2D eigenvalue weighted by atomic mass is 35.5. The van der Waals surface area contributed by atoms with E-state index in [1.54, 1.807) is 26.2 Å². The summed E-state index contributed by atoms with van der Waals surface area (Å²) in [5.74, 6) is -0.573. The number of hydrogen-bond acceptors (Lipinski definition) is 3. The van der Waals surface area contributed by atoms with Gasteiger partial charge in [-0.25, -0.2) is 0 Å². The van der Waals surface area contributed by atoms with Crippen molar-refractivity contribution in [2.45, 2.75) is 43.3 Å². The summed E-state index contributed by atoms with van der Waals surface area (Å²) in [6, 6.07) is 5.44. The van der Waals surface area contributed by atoms with Crippen LogP contribution in [0.1, 0.15) is 54.4 Å². The van der Waals surface area contributed by atoms with Crippen LogP contribution in [0, 0.1) is 0 Å². The van der Waals surface area contributed by atoms with Crippen LogP contribution in [0.3, 0.4) is 0 Å². The zero-order valence-corrected chi connectivity index (χ0v) is 15.0. The van der Waals surface area contributed by atoms with Gasteiger partial charge in [-0.05, 0) is 47.7 Å². The molecule has 0 aromatic heterocycles. The SMILES string of the molecule is CN(C)C(=O)SC(C(=O)O)c1ccc(C2CCCCC2)c(Cl)c1. The second-order valence-electron chi connectivity index (χ2n) is 6.11. The van der Waals surface area contributed by atoms with Crippen molar-refractivity contribution in [3.05, 3.63) is 34.3 Å². The van der Waals surface area contributed by atoms with E-state index in [4.69, 9.17) is 11.6 Å². The summed E-state index contributed by atoms with van der Waals surface area (Å²) in [6.07, 6.45) is 5.97. The predicted molar refractivity (Wildman–Crippen MR) is 94.3 cm³/mol. The first kappa shape index (κ1) is 18.1. The second kappa shape index (κ2) is 8.06. The number of rotatable bonds is 4. The van der Waals surface area contributed by atoms with E-state index in [2.05, 4.69) is 0 Å². The Morgan fingerprint density at radius 3 is 2.43 bits per heavy atom. The third kappa shape index (κ3) is 4.64. The summed E-state index contributed by atoms with van der Waals surface area (Å²) in [5, 5.41) is 8.81. The van der Waals surface area contributed by atoms with Gasteiger partial charge in [0.05, 0.1) is 0 Å². The van der Waals surface area contributed by atoms with E-state index in [1.165, 1.54) is 24.2 Å². The lowest BCUT2D eigenvalue weighted by molar-refractivity contribution is -0.136. The van der Waals surface area contributed by atoms with Crippen molar-refractivity contribution in [2.75, 3.05) is 14.1 Å². The minimum Gasteiger partial charge on any atom is -0.480 e. The van der Waals surface area contributed by atoms with Gasteiger partial charge in [0.2, 0.25) is 0 Å². The first-order chi connectivity index (χ1) is 10.9. The van der Waals surface area contributed by atoms with Gasteiger partial charge in [-0.15, -0.1) is 0 Å². The van der Waals surface area contributed by atoms with Crippen LogP contribution in [-0.4, -0.2) is 35.3 Å². The minimum absolute atomic E-state index is 0.287. The van der Waals surface area contributed by atoms with Gasteiger partial charge in [-0.2, -0.15) is 0 Å². The average molecular weight is 356 g/mol. The molecule has 0 radical (unpaired) electrons. The van der Waals surface area contributed by atoms with E-state index in [0.29, 0.717) is 16.5 Å². The Kier molecular flexibility index (Phi) is 6.36. The molecular formula is C17H22ClNO3S. The number of carboxylic acid groups (broad SMARTS) is 1. The van der Waals surface area contributed by atoms with Crippen LogP contribution in [0.5, 0.6) is 0 Å². The second-order valence-corrected chi connectivity index (χ2v) is 7.58. The Morgan fingerprint density at radius 1 is 1.26 bits per heavy atom. The largest absolute Gasteiger partial charge is 0.480 e. The van der Waals surface area contributed by atoms with Crippen molar-refractivity contribution in [1.82, 2.24) is 4.90 Å². The van der Waals surface area contributed by atoms with E-state index < -0.39 is 11.2 Å². The molecule has 1 aromatic rings. The fraction of sp³-hybridized carbons (Fsp3) is 0.529. The molecule has 0 heterocycles. The lowest BCUT2D eigenvalue weighted by Gasteiger charge is -2.23. The molecule has 1 fully saturated rings. The molecule has 1 saturated carbocycles. The summed E-state index contributed by atoms with van der Waals surface area (Å²) in [5.41, 5.74) is 1.66. The first-order valence-electron chi connectivity index (χ1n) is 7.80. The van der Waals surface area contributed by atoms with Crippen molar-refractivity contribution < 1.29 is 14.7 Å². The summed E-state index contributed by atoms with van der Waals surface area (Å²) in [7, 11) is 3.21. The monoisotopic (exact) mass is 355 g/mol. The Morgan fingerprint density at radius 2 is 1.91 bits per heavy atom. The number of carbonyl (C=O) groups excluding carboxylic acids is 1. The number of aliphatic carboxylic acids is 1. The molecule has 2 rings (SSSR count). The molecule has 4 nitrogen and oxygen atoms in total. The van der Waals surface area contributed by atoms with Gasteiger partial charge in [0.25, 0.3) is 5.24 Å². The molecule has 0 saturated heterocycles. The summed E-state index contributed by atoms with van der Waals surface area (Å²) < 4.78 is 0. The fourth-order valence-corrected chi connectivity index (χ4v) is 4.06. The van der Waals surface area contributed by atoms with Crippen LogP contribution in [0.2, 0.25) is 5.02 Å². The van der Waals surface area contributed by atoms with Crippen LogP contribution in [0.15, 0.2) is 18.2 Å². The average Bonchev–Trinajstić information content (AvgIpc) is 2.52. The van der Waals surface area contributed by atoms with Gasteiger partial charge in [0.15, 0.2) is 0 Å². The molecule has 1 aliphatic rings. The minimum atomic E-state index is -1.04. The van der Waals surface area contributed by atoms with Crippen LogP contribution < -0.4 is 0 Å². The zero-order chi connectivity index (χ0) is 17.0. The zero-order valence-electron chi connectivity index (χ0n) is 13.4. The molecule has 0 bridgehead atoms. The van der Waals surface area contributed by atoms with Gasteiger partial charge in [-0.1, -0.05) is 43.0 Å². The lowest BCUT2D eigenvalue weighted by Crippen LogP contribution is -2.20. The number of benzene rings is 1. The Labute approximate surface area is 146 Å². The topological polar surface area (TPSA) is 57.6 Å². The lowest BCUT2D eigenvalue weighted by atomic mass is 9.84. The van der Waals surface area contributed by atoms with Gasteiger partial charge < -0.3 is 10.0 Å². The fourth-order valence-electron chi connectivity index (χ4n) is 2.92. The molecule has 1 amide bonds. The van der Waals surface area contributed by atoms with Crippen molar-refractivity contribution >= 4 is 34.6 Å². The van der Waals surface area contributed by atoms with Crippen molar-refractivity contribution in [3.63, 3.8) is 0 Å². The molecule has 1 N–H and O–H groups in total. The number of carbonyl (C=O) groups is 2. The standard InChI is InChI=1S/C17H22ClNO3S/c1-19(2)17(22)23-15(16(20)21)12-8-9-13(14(18)10-12)11-6-4-3-5-7-11/h8-11,15H,3-7H2,1-2H3,(H,20,21). The molecule has 1 aliphatic carbocycles. The molecule has 1 atom stereocenters. The highest BCUT2D eigenvalue weighted by Crippen LogP contribution is 2.39. The quantitative estimate of drug-likeness (QED) is 0.832. The maximum atomic E-state index is 11.8. The number of nitrogens with zero attached hydrogens (tertiary/aromatic N) is 1. The molecule has 126 valence electrons. The predicted octanol–water partition coefficient (Wildman–Crippen LogP) is 4.93. The maximum absolute atomic E-state index is 11.8. The van der Waals surface area contributed by atoms with Crippen LogP contribution in [0.4, 0.5) is 4.79 Å². The molecule has 0 aliphatic heterocycles. The van der Waals surface area contributed by atoms with Crippen molar-refractivity contribution in [1.29, 1.82) is 0 Å². The first-order valence-corrected chi connectivity index (χ1v) is 9.06. The third-order valence-electron chi connectivity index (χ3n) is 4.18. The van der Waals surface area contributed by atoms with Crippen LogP contribution in [-0.2, 0) is 4.79 Å².